The number of primary sulfonamides is 1. The minimum absolute atomic E-state index is 0.0309. The van der Waals surface area contributed by atoms with Gasteiger partial charge in [0.15, 0.2) is 17.8 Å². The molecule has 21 heavy (non-hydrogen) atoms. The molecule has 0 bridgehead atoms. The highest BCUT2D eigenvalue weighted by Crippen LogP contribution is 2.34. The second kappa shape index (κ2) is 5.55. The van der Waals surface area contributed by atoms with Crippen LogP contribution >= 0.6 is 0 Å². The van der Waals surface area contributed by atoms with Gasteiger partial charge in [-0.2, -0.15) is 0 Å². The summed E-state index contributed by atoms with van der Waals surface area (Å²) in [6, 6.07) is 8.48. The van der Waals surface area contributed by atoms with E-state index in [1.54, 1.807) is 0 Å². The second-order valence-corrected chi connectivity index (χ2v) is 5.86. The summed E-state index contributed by atoms with van der Waals surface area (Å²) in [7, 11) is -2.40. The van der Waals surface area contributed by atoms with Gasteiger partial charge in [-0.15, -0.1) is 0 Å². The van der Waals surface area contributed by atoms with Gasteiger partial charge in [0.25, 0.3) is 0 Å². The molecule has 0 amide bonds. The van der Waals surface area contributed by atoms with Gasteiger partial charge in [-0.25, -0.2) is 13.6 Å². The topological polar surface area (TPSA) is 107 Å². The van der Waals surface area contributed by atoms with Crippen molar-refractivity contribution in [1.29, 1.82) is 0 Å². The summed E-state index contributed by atoms with van der Waals surface area (Å²) in [5, 5.41) is 14.8. The maximum Gasteiger partial charge on any atom is 0.238 e. The van der Waals surface area contributed by atoms with Crippen LogP contribution in [0.2, 0.25) is 0 Å². The maximum atomic E-state index is 11.2. The molecular formula is C14H13NO5S. The van der Waals surface area contributed by atoms with E-state index < -0.39 is 10.0 Å². The van der Waals surface area contributed by atoms with E-state index in [1.165, 1.54) is 43.5 Å². The quantitative estimate of drug-likeness (QED) is 0.833. The Morgan fingerprint density at radius 3 is 2.29 bits per heavy atom. The van der Waals surface area contributed by atoms with Crippen LogP contribution in [0.15, 0.2) is 41.3 Å². The number of aromatic hydroxyl groups is 1. The molecule has 0 unspecified atom stereocenters. The fourth-order valence-corrected chi connectivity index (χ4v) is 2.43. The summed E-state index contributed by atoms with van der Waals surface area (Å²) >= 11 is 0. The third kappa shape index (κ3) is 3.04. The monoisotopic (exact) mass is 307 g/mol. The number of benzene rings is 2. The number of rotatable bonds is 4. The van der Waals surface area contributed by atoms with Crippen LogP contribution in [0, 0.1) is 0 Å². The van der Waals surface area contributed by atoms with Gasteiger partial charge in [0.2, 0.25) is 10.0 Å². The van der Waals surface area contributed by atoms with Crippen molar-refractivity contribution in [1.82, 2.24) is 0 Å². The number of phenolic OH excluding ortho intramolecular Hbond substituents is 1. The van der Waals surface area contributed by atoms with Gasteiger partial charge in [0.05, 0.1) is 12.0 Å². The van der Waals surface area contributed by atoms with Gasteiger partial charge in [-0.1, -0.05) is 12.1 Å². The third-order valence-corrected chi connectivity index (χ3v) is 3.90. The Morgan fingerprint density at radius 2 is 1.81 bits per heavy atom. The molecule has 0 aromatic heterocycles. The molecule has 6 nitrogen and oxygen atoms in total. The number of carbonyl (C=O) groups is 1. The third-order valence-electron chi connectivity index (χ3n) is 2.97. The molecule has 0 spiro atoms. The average Bonchev–Trinajstić information content (AvgIpc) is 2.46. The zero-order valence-corrected chi connectivity index (χ0v) is 11.9. The molecule has 7 heteroatoms. The fourth-order valence-electron chi connectivity index (χ4n) is 1.92. The van der Waals surface area contributed by atoms with E-state index in [2.05, 4.69) is 0 Å². The number of carbonyl (C=O) groups excluding carboxylic acids is 1. The van der Waals surface area contributed by atoms with Crippen LogP contribution in [0.25, 0.3) is 11.1 Å². The number of hydrogen-bond donors (Lipinski definition) is 2. The molecule has 0 fully saturated rings. The molecule has 3 N–H and O–H groups in total. The number of phenols is 1. The molecule has 2 aromatic rings. The Morgan fingerprint density at radius 1 is 1.19 bits per heavy atom. The standard InChI is InChI=1S/C14H13NO5S/c1-20-14-6-10(8-16)12(7-13(14)17)9-2-4-11(5-3-9)21(15,18)19/h2-8,17H,1H3,(H2,15,18,19). The van der Waals surface area contributed by atoms with E-state index >= 15 is 0 Å². The Hall–Kier alpha value is -2.38. The van der Waals surface area contributed by atoms with Crippen molar-refractivity contribution < 1.29 is 23.1 Å². The lowest BCUT2D eigenvalue weighted by molar-refractivity contribution is 0.112. The maximum absolute atomic E-state index is 11.2. The lowest BCUT2D eigenvalue weighted by atomic mass is 9.99. The molecule has 0 heterocycles. The number of aldehydes is 1. The van der Waals surface area contributed by atoms with Crippen LogP contribution in [0.5, 0.6) is 11.5 Å². The van der Waals surface area contributed by atoms with Crippen molar-refractivity contribution in [2.45, 2.75) is 4.90 Å². The summed E-state index contributed by atoms with van der Waals surface area (Å²) in [6.07, 6.45) is 0.630. The van der Waals surface area contributed by atoms with Crippen molar-refractivity contribution in [3.63, 3.8) is 0 Å². The lowest BCUT2D eigenvalue weighted by Gasteiger charge is -2.10. The number of nitrogens with two attached hydrogens (primary N) is 1. The summed E-state index contributed by atoms with van der Waals surface area (Å²) in [6.45, 7) is 0. The van der Waals surface area contributed by atoms with E-state index in [0.29, 0.717) is 23.0 Å². The van der Waals surface area contributed by atoms with Crippen LogP contribution in [-0.4, -0.2) is 26.9 Å². The number of hydrogen-bond acceptors (Lipinski definition) is 5. The second-order valence-electron chi connectivity index (χ2n) is 4.30. The van der Waals surface area contributed by atoms with Crippen LogP contribution in [-0.2, 0) is 10.0 Å². The van der Waals surface area contributed by atoms with E-state index in [1.807, 2.05) is 0 Å². The Labute approximate surface area is 121 Å². The molecule has 0 atom stereocenters. The van der Waals surface area contributed by atoms with Crippen molar-refractivity contribution in [2.24, 2.45) is 5.14 Å². The predicted molar refractivity (Wildman–Crippen MR) is 76.9 cm³/mol. The zero-order chi connectivity index (χ0) is 15.6. The van der Waals surface area contributed by atoms with Gasteiger partial charge < -0.3 is 9.84 Å². The highest BCUT2D eigenvalue weighted by Gasteiger charge is 2.13. The molecule has 0 aliphatic rings. The number of sulfonamides is 1. The number of ether oxygens (including phenoxy) is 1. The minimum atomic E-state index is -3.78. The van der Waals surface area contributed by atoms with Gasteiger partial charge in [0, 0.05) is 5.56 Å². The van der Waals surface area contributed by atoms with Crippen LogP contribution < -0.4 is 9.88 Å². The van der Waals surface area contributed by atoms with E-state index in [-0.39, 0.29) is 16.4 Å². The summed E-state index contributed by atoms with van der Waals surface area (Å²) in [5.41, 5.74) is 1.35. The fraction of sp³-hybridized carbons (Fsp3) is 0.0714. The molecule has 0 saturated heterocycles. The SMILES string of the molecule is COc1cc(C=O)c(-c2ccc(S(N)(=O)=O)cc2)cc1O. The Kier molecular flexibility index (Phi) is 3.97. The van der Waals surface area contributed by atoms with Crippen molar-refractivity contribution in [2.75, 3.05) is 7.11 Å². The molecule has 0 radical (unpaired) electrons. The predicted octanol–water partition coefficient (Wildman–Crippen LogP) is 1.53. The first-order valence-electron chi connectivity index (χ1n) is 5.86. The lowest BCUT2D eigenvalue weighted by Crippen LogP contribution is -2.11. The first kappa shape index (κ1) is 15.0. The van der Waals surface area contributed by atoms with Crippen molar-refractivity contribution in [3.8, 4) is 22.6 Å². The zero-order valence-electron chi connectivity index (χ0n) is 11.1. The van der Waals surface area contributed by atoms with E-state index in [4.69, 9.17) is 9.88 Å². The minimum Gasteiger partial charge on any atom is -0.504 e. The van der Waals surface area contributed by atoms with Gasteiger partial charge in [0.1, 0.15) is 0 Å². The molecule has 0 aliphatic carbocycles. The molecule has 110 valence electrons. The molecule has 0 aliphatic heterocycles. The molecular weight excluding hydrogens is 294 g/mol. The number of methoxy groups -OCH3 is 1. The first-order valence-corrected chi connectivity index (χ1v) is 7.41. The Balaban J connectivity index is 2.56. The first-order chi connectivity index (χ1) is 9.86. The average molecular weight is 307 g/mol. The highest BCUT2D eigenvalue weighted by molar-refractivity contribution is 7.89. The van der Waals surface area contributed by atoms with Crippen LogP contribution in [0.3, 0.4) is 0 Å². The highest BCUT2D eigenvalue weighted by atomic mass is 32.2. The Bertz CT molecular complexity index is 782. The van der Waals surface area contributed by atoms with Crippen LogP contribution in [0.1, 0.15) is 10.4 Å². The van der Waals surface area contributed by atoms with E-state index in [0.717, 1.165) is 0 Å². The summed E-state index contributed by atoms with van der Waals surface area (Å²) in [5.74, 6) is 0.0654. The summed E-state index contributed by atoms with van der Waals surface area (Å²) in [4.78, 5) is 11.1. The molecule has 2 rings (SSSR count). The van der Waals surface area contributed by atoms with Gasteiger partial charge >= 0.3 is 0 Å². The van der Waals surface area contributed by atoms with Crippen LogP contribution in [0.4, 0.5) is 0 Å². The summed E-state index contributed by atoms with van der Waals surface area (Å²) < 4.78 is 27.4. The molecule has 0 saturated carbocycles. The molecule has 2 aromatic carbocycles. The van der Waals surface area contributed by atoms with Crippen molar-refractivity contribution in [3.05, 3.63) is 42.0 Å². The smallest absolute Gasteiger partial charge is 0.238 e. The van der Waals surface area contributed by atoms with Gasteiger partial charge in [-0.05, 0) is 35.4 Å². The van der Waals surface area contributed by atoms with Crippen molar-refractivity contribution >= 4 is 16.3 Å². The van der Waals surface area contributed by atoms with Gasteiger partial charge in [-0.3, -0.25) is 4.79 Å². The largest absolute Gasteiger partial charge is 0.504 e. The normalized spacial score (nSPS) is 11.1. The van der Waals surface area contributed by atoms with E-state index in [9.17, 15) is 18.3 Å².